The molecule has 1 nitrogen and oxygen atoms in total. The highest BCUT2D eigenvalue weighted by molar-refractivity contribution is 5.30. The van der Waals surface area contributed by atoms with Crippen LogP contribution in [0.3, 0.4) is 0 Å². The van der Waals surface area contributed by atoms with Crippen molar-refractivity contribution in [2.24, 2.45) is 4.99 Å². The Labute approximate surface area is 126 Å². The van der Waals surface area contributed by atoms with E-state index >= 15 is 0 Å². The van der Waals surface area contributed by atoms with E-state index < -0.39 is 11.6 Å². The first kappa shape index (κ1) is 17.3. The Morgan fingerprint density at radius 1 is 1.38 bits per heavy atom. The maximum atomic E-state index is 13.5. The molecule has 0 aromatic heterocycles. The molecule has 1 atom stereocenters. The summed E-state index contributed by atoms with van der Waals surface area (Å²) < 4.78 is 26.8. The van der Waals surface area contributed by atoms with Crippen LogP contribution in [0.1, 0.15) is 50.2 Å². The van der Waals surface area contributed by atoms with Gasteiger partial charge in [-0.1, -0.05) is 32.1 Å². The molecule has 0 bridgehead atoms. The minimum atomic E-state index is -0.772. The molecule has 1 aromatic rings. The number of rotatable bonds is 7. The Morgan fingerprint density at radius 3 is 2.67 bits per heavy atom. The molecule has 0 spiro atoms. The van der Waals surface area contributed by atoms with Crippen molar-refractivity contribution in [1.29, 1.82) is 0 Å². The van der Waals surface area contributed by atoms with Crippen molar-refractivity contribution in [2.75, 3.05) is 0 Å². The van der Waals surface area contributed by atoms with E-state index in [-0.39, 0.29) is 5.92 Å². The first-order valence-electron chi connectivity index (χ1n) is 7.26. The lowest BCUT2D eigenvalue weighted by Gasteiger charge is -2.13. The fourth-order valence-electron chi connectivity index (χ4n) is 2.16. The summed E-state index contributed by atoms with van der Waals surface area (Å²) in [4.78, 5) is 3.81. The minimum absolute atomic E-state index is 0.155. The zero-order valence-electron chi connectivity index (χ0n) is 13.0. The third-order valence-electron chi connectivity index (χ3n) is 3.49. The Bertz CT molecular complexity index is 521. The van der Waals surface area contributed by atoms with Crippen LogP contribution in [-0.4, -0.2) is 6.72 Å². The summed E-state index contributed by atoms with van der Waals surface area (Å²) in [6, 6.07) is 3.02. The molecule has 0 radical (unpaired) electrons. The summed E-state index contributed by atoms with van der Waals surface area (Å²) in [5, 5.41) is 0. The molecule has 0 aliphatic carbocycles. The van der Waals surface area contributed by atoms with Crippen LogP contribution in [0.5, 0.6) is 0 Å². The summed E-state index contributed by atoms with van der Waals surface area (Å²) in [5.74, 6) is -1.37. The number of hydrogen-bond acceptors (Lipinski definition) is 1. The molecular weight excluding hydrogens is 268 g/mol. The highest BCUT2D eigenvalue weighted by Gasteiger charge is 2.12. The van der Waals surface area contributed by atoms with Gasteiger partial charge in [0, 0.05) is 6.20 Å². The maximum absolute atomic E-state index is 13.5. The van der Waals surface area contributed by atoms with Crippen molar-refractivity contribution < 1.29 is 8.78 Å². The second-order valence-corrected chi connectivity index (χ2v) is 5.27. The Kier molecular flexibility index (Phi) is 7.00. The molecule has 0 saturated carbocycles. The van der Waals surface area contributed by atoms with Gasteiger partial charge < -0.3 is 0 Å². The summed E-state index contributed by atoms with van der Waals surface area (Å²) in [6.45, 7) is 9.16. The second kappa shape index (κ2) is 8.50. The van der Waals surface area contributed by atoms with Crippen LogP contribution < -0.4 is 0 Å². The molecule has 1 aromatic carbocycles. The van der Waals surface area contributed by atoms with Gasteiger partial charge in [0.05, 0.1) is 0 Å². The van der Waals surface area contributed by atoms with Gasteiger partial charge in [-0.2, -0.15) is 0 Å². The van der Waals surface area contributed by atoms with E-state index in [0.29, 0.717) is 5.56 Å². The lowest BCUT2D eigenvalue weighted by molar-refractivity contribution is 0.499. The molecule has 0 saturated heterocycles. The molecule has 3 heteroatoms. The van der Waals surface area contributed by atoms with Crippen LogP contribution in [0.2, 0.25) is 0 Å². The topological polar surface area (TPSA) is 12.4 Å². The molecule has 0 heterocycles. The van der Waals surface area contributed by atoms with E-state index in [1.165, 1.54) is 6.07 Å². The average Bonchev–Trinajstić information content (AvgIpc) is 2.46. The van der Waals surface area contributed by atoms with Crippen LogP contribution in [0, 0.1) is 18.6 Å². The molecule has 0 N–H and O–H groups in total. The maximum Gasteiger partial charge on any atom is 0.161 e. The van der Waals surface area contributed by atoms with E-state index in [2.05, 4.69) is 24.7 Å². The monoisotopic (exact) mass is 291 g/mol. The SMILES string of the molecule is C=N/C=C(\C=C/CC)CCC(C)c1cc(C)c(F)c(F)c1. The number of halogens is 2. The van der Waals surface area contributed by atoms with Crippen LogP contribution in [-0.2, 0) is 0 Å². The summed E-state index contributed by atoms with van der Waals surface area (Å²) in [5.41, 5.74) is 2.28. The van der Waals surface area contributed by atoms with Crippen molar-refractivity contribution in [2.45, 2.75) is 46.0 Å². The van der Waals surface area contributed by atoms with Crippen molar-refractivity contribution in [1.82, 2.24) is 0 Å². The fraction of sp³-hybridized carbons (Fsp3) is 0.389. The number of aryl methyl sites for hydroxylation is 1. The predicted octanol–water partition coefficient (Wildman–Crippen LogP) is 5.71. The normalized spacial score (nSPS) is 13.7. The average molecular weight is 291 g/mol. The molecule has 0 aliphatic rings. The van der Waals surface area contributed by atoms with Crippen molar-refractivity contribution in [3.63, 3.8) is 0 Å². The van der Waals surface area contributed by atoms with E-state index in [0.717, 1.165) is 30.4 Å². The number of nitrogens with zero attached hydrogens (tertiary/aromatic N) is 1. The summed E-state index contributed by atoms with van der Waals surface area (Å²) in [6.07, 6.45) is 8.50. The zero-order chi connectivity index (χ0) is 15.8. The van der Waals surface area contributed by atoms with E-state index in [4.69, 9.17) is 0 Å². The van der Waals surface area contributed by atoms with Crippen molar-refractivity contribution in [3.05, 3.63) is 58.8 Å². The van der Waals surface area contributed by atoms with Gasteiger partial charge in [0.15, 0.2) is 11.6 Å². The summed E-state index contributed by atoms with van der Waals surface area (Å²) in [7, 11) is 0. The molecule has 0 amide bonds. The quantitative estimate of drug-likeness (QED) is 0.451. The van der Waals surface area contributed by atoms with Crippen molar-refractivity contribution >= 4 is 6.72 Å². The Morgan fingerprint density at radius 2 is 2.10 bits per heavy atom. The van der Waals surface area contributed by atoms with E-state index in [1.807, 2.05) is 13.0 Å². The highest BCUT2D eigenvalue weighted by Crippen LogP contribution is 2.26. The predicted molar refractivity (Wildman–Crippen MR) is 85.8 cm³/mol. The summed E-state index contributed by atoms with van der Waals surface area (Å²) >= 11 is 0. The third-order valence-corrected chi connectivity index (χ3v) is 3.49. The molecule has 1 rings (SSSR count). The smallest absolute Gasteiger partial charge is 0.161 e. The number of benzene rings is 1. The van der Waals surface area contributed by atoms with Gasteiger partial charge in [-0.05, 0) is 61.6 Å². The van der Waals surface area contributed by atoms with Crippen LogP contribution in [0.15, 0.2) is 41.1 Å². The highest BCUT2D eigenvalue weighted by atomic mass is 19.2. The van der Waals surface area contributed by atoms with Crippen LogP contribution in [0.4, 0.5) is 8.78 Å². The van der Waals surface area contributed by atoms with Crippen molar-refractivity contribution in [3.8, 4) is 0 Å². The standard InChI is InChI=1S/C18H23F2N/c1-5-6-7-15(12-21-4)9-8-13(2)16-10-14(3)18(20)17(19)11-16/h6-7,10-13H,4-5,8-9H2,1-3H3/b7-6-,15-12+. The second-order valence-electron chi connectivity index (χ2n) is 5.27. The van der Waals surface area contributed by atoms with Gasteiger partial charge in [-0.15, -0.1) is 0 Å². The molecular formula is C18H23F2N. The van der Waals surface area contributed by atoms with Crippen LogP contribution in [0.25, 0.3) is 0 Å². The number of allylic oxidation sites excluding steroid dienone is 3. The fourth-order valence-corrected chi connectivity index (χ4v) is 2.16. The molecule has 1 unspecified atom stereocenters. The van der Waals surface area contributed by atoms with Gasteiger partial charge >= 0.3 is 0 Å². The van der Waals surface area contributed by atoms with Gasteiger partial charge in [0.25, 0.3) is 0 Å². The molecule has 0 aliphatic heterocycles. The number of hydrogen-bond donors (Lipinski definition) is 0. The van der Waals surface area contributed by atoms with Gasteiger partial charge in [0.2, 0.25) is 0 Å². The third kappa shape index (κ3) is 5.25. The molecule has 0 fully saturated rings. The first-order valence-corrected chi connectivity index (χ1v) is 7.26. The van der Waals surface area contributed by atoms with E-state index in [1.54, 1.807) is 19.2 Å². The van der Waals surface area contributed by atoms with Gasteiger partial charge in [0.1, 0.15) is 0 Å². The van der Waals surface area contributed by atoms with Gasteiger partial charge in [-0.25, -0.2) is 8.78 Å². The first-order chi connectivity index (χ1) is 9.99. The van der Waals surface area contributed by atoms with Gasteiger partial charge in [-0.3, -0.25) is 4.99 Å². The lowest BCUT2D eigenvalue weighted by Crippen LogP contribution is -1.99. The molecule has 21 heavy (non-hydrogen) atoms. The Hall–Kier alpha value is -1.77. The molecule has 114 valence electrons. The zero-order valence-corrected chi connectivity index (χ0v) is 13.0. The minimum Gasteiger partial charge on any atom is -0.272 e. The van der Waals surface area contributed by atoms with Crippen LogP contribution >= 0.6 is 0 Å². The number of aliphatic imine (C=N–C) groups is 1. The Balaban J connectivity index is 2.77. The lowest BCUT2D eigenvalue weighted by atomic mass is 9.92. The largest absolute Gasteiger partial charge is 0.272 e. The van der Waals surface area contributed by atoms with E-state index in [9.17, 15) is 8.78 Å².